The van der Waals surface area contributed by atoms with E-state index in [4.69, 9.17) is 0 Å². The molecule has 0 aromatic heterocycles. The SMILES string of the molecule is C[C@@H](C(=O)NC(=O)NC(C)(C)C)N1CCCCCCC1. The number of likely N-dealkylation sites (tertiary alicyclic amines) is 1. The molecule has 5 nitrogen and oxygen atoms in total. The van der Waals surface area contributed by atoms with Crippen LogP contribution in [-0.4, -0.2) is 41.5 Å². The van der Waals surface area contributed by atoms with Crippen LogP contribution in [0.2, 0.25) is 0 Å². The summed E-state index contributed by atoms with van der Waals surface area (Å²) in [6, 6.07) is -0.666. The van der Waals surface area contributed by atoms with Crippen LogP contribution >= 0.6 is 0 Å². The lowest BCUT2D eigenvalue weighted by Crippen LogP contribution is -2.53. The standard InChI is InChI=1S/C15H29N3O2/c1-12(18-10-8-6-5-7-9-11-18)13(19)16-14(20)17-15(2,3)4/h12H,5-11H2,1-4H3,(H2,16,17,19,20)/t12-/m0/s1. The Kier molecular flexibility index (Phi) is 6.46. The van der Waals surface area contributed by atoms with Crippen molar-refractivity contribution < 1.29 is 9.59 Å². The molecule has 1 atom stereocenters. The van der Waals surface area contributed by atoms with Gasteiger partial charge in [-0.2, -0.15) is 0 Å². The molecule has 1 rings (SSSR count). The second kappa shape index (κ2) is 7.62. The molecule has 1 aliphatic rings. The Labute approximate surface area is 122 Å². The van der Waals surface area contributed by atoms with E-state index in [2.05, 4.69) is 15.5 Å². The molecule has 0 aromatic carbocycles. The molecule has 0 unspecified atom stereocenters. The van der Waals surface area contributed by atoms with Crippen molar-refractivity contribution in [1.82, 2.24) is 15.5 Å². The van der Waals surface area contributed by atoms with Gasteiger partial charge in [0.1, 0.15) is 0 Å². The highest BCUT2D eigenvalue weighted by Crippen LogP contribution is 2.12. The van der Waals surface area contributed by atoms with E-state index in [-0.39, 0.29) is 17.5 Å². The first-order chi connectivity index (χ1) is 9.29. The Balaban J connectivity index is 2.46. The van der Waals surface area contributed by atoms with E-state index in [0.29, 0.717) is 0 Å². The second-order valence-corrected chi connectivity index (χ2v) is 6.67. The molecule has 20 heavy (non-hydrogen) atoms. The Morgan fingerprint density at radius 1 is 1.00 bits per heavy atom. The summed E-state index contributed by atoms with van der Waals surface area (Å²) in [7, 11) is 0. The molecule has 0 spiro atoms. The topological polar surface area (TPSA) is 61.4 Å². The largest absolute Gasteiger partial charge is 0.333 e. The number of amides is 3. The molecule has 116 valence electrons. The zero-order valence-electron chi connectivity index (χ0n) is 13.3. The minimum absolute atomic E-state index is 0.215. The van der Waals surface area contributed by atoms with Crippen LogP contribution in [0.1, 0.15) is 59.8 Å². The van der Waals surface area contributed by atoms with Gasteiger partial charge in [0.05, 0.1) is 6.04 Å². The predicted octanol–water partition coefficient (Wildman–Crippen LogP) is 2.27. The summed E-state index contributed by atoms with van der Waals surface area (Å²) >= 11 is 0. The average molecular weight is 283 g/mol. The number of carbonyl (C=O) groups excluding carboxylic acids is 2. The van der Waals surface area contributed by atoms with Crippen molar-refractivity contribution in [3.63, 3.8) is 0 Å². The van der Waals surface area contributed by atoms with Crippen molar-refractivity contribution >= 4 is 11.9 Å². The highest BCUT2D eigenvalue weighted by atomic mass is 16.2. The van der Waals surface area contributed by atoms with Crippen molar-refractivity contribution in [2.24, 2.45) is 0 Å². The van der Waals surface area contributed by atoms with Crippen LogP contribution in [0.25, 0.3) is 0 Å². The third kappa shape index (κ3) is 6.37. The lowest BCUT2D eigenvalue weighted by molar-refractivity contribution is -0.124. The minimum atomic E-state index is -0.415. The number of urea groups is 1. The second-order valence-electron chi connectivity index (χ2n) is 6.67. The van der Waals surface area contributed by atoms with Crippen LogP contribution in [0.15, 0.2) is 0 Å². The molecule has 0 bridgehead atoms. The number of nitrogens with one attached hydrogen (secondary N) is 2. The highest BCUT2D eigenvalue weighted by Gasteiger charge is 2.24. The van der Waals surface area contributed by atoms with Gasteiger partial charge in [-0.25, -0.2) is 4.79 Å². The zero-order chi connectivity index (χ0) is 15.2. The van der Waals surface area contributed by atoms with Crippen molar-refractivity contribution in [3.8, 4) is 0 Å². The maximum absolute atomic E-state index is 12.1. The first-order valence-corrected chi connectivity index (χ1v) is 7.66. The minimum Gasteiger partial charge on any atom is -0.333 e. The van der Waals surface area contributed by atoms with Crippen LogP contribution in [0.5, 0.6) is 0 Å². The van der Waals surface area contributed by atoms with E-state index < -0.39 is 6.03 Å². The predicted molar refractivity (Wildman–Crippen MR) is 80.5 cm³/mol. The summed E-state index contributed by atoms with van der Waals surface area (Å²) < 4.78 is 0. The van der Waals surface area contributed by atoms with Crippen LogP contribution in [0.3, 0.4) is 0 Å². The van der Waals surface area contributed by atoms with Gasteiger partial charge in [0.2, 0.25) is 5.91 Å². The number of carbonyl (C=O) groups is 2. The van der Waals surface area contributed by atoms with Gasteiger partial charge in [0, 0.05) is 5.54 Å². The van der Waals surface area contributed by atoms with Crippen molar-refractivity contribution in [1.29, 1.82) is 0 Å². The van der Waals surface area contributed by atoms with Crippen molar-refractivity contribution in [2.45, 2.75) is 71.4 Å². The van der Waals surface area contributed by atoms with Gasteiger partial charge in [-0.3, -0.25) is 15.0 Å². The van der Waals surface area contributed by atoms with Gasteiger partial charge in [0.15, 0.2) is 0 Å². The van der Waals surface area contributed by atoms with E-state index >= 15 is 0 Å². The fourth-order valence-corrected chi connectivity index (χ4v) is 2.41. The fourth-order valence-electron chi connectivity index (χ4n) is 2.41. The number of rotatable bonds is 2. The van der Waals surface area contributed by atoms with E-state index in [9.17, 15) is 9.59 Å². The molecule has 1 aliphatic heterocycles. The van der Waals surface area contributed by atoms with E-state index in [1.54, 1.807) is 0 Å². The lowest BCUT2D eigenvalue weighted by atomic mass is 10.1. The summed E-state index contributed by atoms with van der Waals surface area (Å²) in [5.74, 6) is -0.215. The molecular formula is C15H29N3O2. The van der Waals surface area contributed by atoms with Gasteiger partial charge in [-0.05, 0) is 53.6 Å². The van der Waals surface area contributed by atoms with Gasteiger partial charge in [-0.15, -0.1) is 0 Å². The molecule has 0 aliphatic carbocycles. The van der Waals surface area contributed by atoms with Gasteiger partial charge in [0.25, 0.3) is 0 Å². The molecule has 0 aromatic rings. The maximum Gasteiger partial charge on any atom is 0.321 e. The molecule has 5 heteroatoms. The molecule has 2 N–H and O–H groups in total. The van der Waals surface area contributed by atoms with Crippen molar-refractivity contribution in [3.05, 3.63) is 0 Å². The quantitative estimate of drug-likeness (QED) is 0.817. The normalized spacial score (nSPS) is 19.6. The van der Waals surface area contributed by atoms with Crippen LogP contribution in [-0.2, 0) is 4.79 Å². The van der Waals surface area contributed by atoms with Crippen LogP contribution < -0.4 is 10.6 Å². The smallest absolute Gasteiger partial charge is 0.321 e. The van der Waals surface area contributed by atoms with Gasteiger partial charge < -0.3 is 5.32 Å². The summed E-state index contributed by atoms with van der Waals surface area (Å²) in [4.78, 5) is 26.0. The summed E-state index contributed by atoms with van der Waals surface area (Å²) in [5, 5.41) is 5.18. The number of hydrogen-bond acceptors (Lipinski definition) is 3. The number of hydrogen-bond donors (Lipinski definition) is 2. The zero-order valence-corrected chi connectivity index (χ0v) is 13.3. The Bertz CT molecular complexity index is 329. The molecule has 0 saturated carbocycles. The Morgan fingerprint density at radius 2 is 1.50 bits per heavy atom. The monoisotopic (exact) mass is 283 g/mol. The maximum atomic E-state index is 12.1. The summed E-state index contributed by atoms with van der Waals surface area (Å²) in [6.07, 6.45) is 6.02. The first kappa shape index (κ1) is 17.0. The molecular weight excluding hydrogens is 254 g/mol. The fraction of sp³-hybridized carbons (Fsp3) is 0.867. The Morgan fingerprint density at radius 3 is 2.00 bits per heavy atom. The molecule has 1 fully saturated rings. The molecule has 3 amide bonds. The third-order valence-corrected chi connectivity index (χ3v) is 3.54. The van der Waals surface area contributed by atoms with Crippen LogP contribution in [0.4, 0.5) is 4.79 Å². The Hall–Kier alpha value is -1.10. The van der Waals surface area contributed by atoms with Gasteiger partial charge in [-0.1, -0.05) is 19.3 Å². The summed E-state index contributed by atoms with van der Waals surface area (Å²) in [5.41, 5.74) is -0.339. The van der Waals surface area contributed by atoms with Crippen LogP contribution in [0, 0.1) is 0 Å². The number of imide groups is 1. The average Bonchev–Trinajstić information content (AvgIpc) is 2.24. The molecule has 0 radical (unpaired) electrons. The highest BCUT2D eigenvalue weighted by molar-refractivity contribution is 5.97. The third-order valence-electron chi connectivity index (χ3n) is 3.54. The summed E-state index contributed by atoms with van der Waals surface area (Å²) in [6.45, 7) is 9.42. The van der Waals surface area contributed by atoms with Gasteiger partial charge >= 0.3 is 6.03 Å². The number of nitrogens with zero attached hydrogens (tertiary/aromatic N) is 1. The van der Waals surface area contributed by atoms with E-state index in [1.165, 1.54) is 19.3 Å². The van der Waals surface area contributed by atoms with E-state index in [1.807, 2.05) is 27.7 Å². The first-order valence-electron chi connectivity index (χ1n) is 7.66. The molecule has 1 saturated heterocycles. The van der Waals surface area contributed by atoms with E-state index in [0.717, 1.165) is 25.9 Å². The molecule has 1 heterocycles. The van der Waals surface area contributed by atoms with Crippen molar-refractivity contribution in [2.75, 3.05) is 13.1 Å². The lowest BCUT2D eigenvalue weighted by Gasteiger charge is -2.30.